The lowest BCUT2D eigenvalue weighted by molar-refractivity contribution is 0.0949. The first-order valence-electron chi connectivity index (χ1n) is 5.93. The molecule has 3 nitrogen and oxygen atoms in total. The molecule has 1 N–H and O–H groups in total. The van der Waals surface area contributed by atoms with Crippen LogP contribution < -0.4 is 5.32 Å². The fourth-order valence-electron chi connectivity index (χ4n) is 1.57. The van der Waals surface area contributed by atoms with Gasteiger partial charge in [0.1, 0.15) is 5.82 Å². The van der Waals surface area contributed by atoms with Crippen LogP contribution in [0.1, 0.15) is 24.2 Å². The van der Waals surface area contributed by atoms with Gasteiger partial charge in [-0.1, -0.05) is 13.8 Å². The third-order valence-corrected chi connectivity index (χ3v) is 2.71. The van der Waals surface area contributed by atoms with Gasteiger partial charge in [0.25, 0.3) is 5.91 Å². The van der Waals surface area contributed by atoms with Gasteiger partial charge in [-0.05, 0) is 37.4 Å². The Hall–Kier alpha value is -1.42. The molecule has 0 unspecified atom stereocenters. The molecule has 0 heterocycles. The van der Waals surface area contributed by atoms with Crippen molar-refractivity contribution in [2.24, 2.45) is 0 Å². The zero-order valence-corrected chi connectivity index (χ0v) is 10.4. The molecular formula is C13H19FN2O. The topological polar surface area (TPSA) is 32.3 Å². The normalized spacial score (nSPS) is 10.6. The number of rotatable bonds is 6. The molecule has 1 rings (SSSR count). The van der Waals surface area contributed by atoms with Gasteiger partial charge in [-0.3, -0.25) is 4.79 Å². The zero-order valence-electron chi connectivity index (χ0n) is 10.4. The summed E-state index contributed by atoms with van der Waals surface area (Å²) in [6, 6.07) is 5.56. The molecule has 0 atom stereocenters. The fourth-order valence-corrected chi connectivity index (χ4v) is 1.57. The first kappa shape index (κ1) is 13.6. The molecule has 1 aromatic carbocycles. The van der Waals surface area contributed by atoms with Crippen LogP contribution >= 0.6 is 0 Å². The second-order valence-electron chi connectivity index (χ2n) is 3.79. The lowest BCUT2D eigenvalue weighted by Crippen LogP contribution is -2.34. The van der Waals surface area contributed by atoms with Gasteiger partial charge in [-0.15, -0.1) is 0 Å². The molecule has 0 saturated heterocycles. The molecule has 0 saturated carbocycles. The van der Waals surface area contributed by atoms with Crippen molar-refractivity contribution < 1.29 is 9.18 Å². The van der Waals surface area contributed by atoms with Crippen LogP contribution in [-0.2, 0) is 0 Å². The first-order chi connectivity index (χ1) is 8.17. The molecule has 0 aliphatic heterocycles. The van der Waals surface area contributed by atoms with E-state index >= 15 is 0 Å². The fraction of sp³-hybridized carbons (Fsp3) is 0.462. The van der Waals surface area contributed by atoms with E-state index in [9.17, 15) is 9.18 Å². The maximum Gasteiger partial charge on any atom is 0.251 e. The molecule has 1 amide bonds. The van der Waals surface area contributed by atoms with E-state index in [2.05, 4.69) is 24.1 Å². The maximum atomic E-state index is 12.7. The number of hydrogen-bond acceptors (Lipinski definition) is 2. The Balaban J connectivity index is 2.37. The first-order valence-corrected chi connectivity index (χ1v) is 5.93. The second-order valence-corrected chi connectivity index (χ2v) is 3.79. The van der Waals surface area contributed by atoms with E-state index < -0.39 is 0 Å². The SMILES string of the molecule is CCN(CC)CCNC(=O)c1ccc([18F])cc1. The Morgan fingerprint density at radius 3 is 2.35 bits per heavy atom. The van der Waals surface area contributed by atoms with E-state index in [1.807, 2.05) is 0 Å². The average Bonchev–Trinajstić information content (AvgIpc) is 2.35. The standard InChI is InChI=1S/C13H19FN2O/c1-3-16(4-2)10-9-15-13(17)11-5-7-12(14)8-6-11/h5-8H,3-4,9-10H2,1-2H3,(H,15,17)/i14-1. The lowest BCUT2D eigenvalue weighted by atomic mass is 10.2. The van der Waals surface area contributed by atoms with Crippen LogP contribution in [0.25, 0.3) is 0 Å². The quantitative estimate of drug-likeness (QED) is 0.819. The van der Waals surface area contributed by atoms with Crippen molar-refractivity contribution in [1.82, 2.24) is 10.2 Å². The van der Waals surface area contributed by atoms with Gasteiger partial charge in [-0.25, -0.2) is 4.39 Å². The van der Waals surface area contributed by atoms with Gasteiger partial charge in [0.2, 0.25) is 0 Å². The minimum Gasteiger partial charge on any atom is -0.351 e. The molecule has 4 heteroatoms. The van der Waals surface area contributed by atoms with Gasteiger partial charge in [0.15, 0.2) is 0 Å². The van der Waals surface area contributed by atoms with E-state index in [0.717, 1.165) is 19.6 Å². The van der Waals surface area contributed by atoms with Crippen LogP contribution in [-0.4, -0.2) is 37.0 Å². The monoisotopic (exact) mass is 237 g/mol. The van der Waals surface area contributed by atoms with Crippen molar-refractivity contribution >= 4 is 5.91 Å². The Bertz CT molecular complexity index is 347. The van der Waals surface area contributed by atoms with Crippen LogP contribution in [0.5, 0.6) is 0 Å². The van der Waals surface area contributed by atoms with Crippen LogP contribution in [0.15, 0.2) is 24.3 Å². The molecule has 0 aliphatic rings. The number of nitrogens with zero attached hydrogens (tertiary/aromatic N) is 1. The van der Waals surface area contributed by atoms with E-state index in [1.54, 1.807) is 0 Å². The van der Waals surface area contributed by atoms with Crippen molar-refractivity contribution in [1.29, 1.82) is 0 Å². The summed E-state index contributed by atoms with van der Waals surface area (Å²) < 4.78 is 12.7. The molecule has 0 spiro atoms. The van der Waals surface area contributed by atoms with E-state index in [0.29, 0.717) is 12.1 Å². The van der Waals surface area contributed by atoms with Gasteiger partial charge < -0.3 is 10.2 Å². The predicted octanol–water partition coefficient (Wildman–Crippen LogP) is 1.90. The van der Waals surface area contributed by atoms with Crippen molar-refractivity contribution in [3.63, 3.8) is 0 Å². The summed E-state index contributed by atoms with van der Waals surface area (Å²) in [6.45, 7) is 7.57. The lowest BCUT2D eigenvalue weighted by Gasteiger charge is -2.17. The summed E-state index contributed by atoms with van der Waals surface area (Å²) in [5.74, 6) is -0.484. The van der Waals surface area contributed by atoms with Crippen LogP contribution in [0, 0.1) is 5.82 Å². The number of nitrogens with one attached hydrogen (secondary N) is 1. The third-order valence-electron chi connectivity index (χ3n) is 2.71. The summed E-state index contributed by atoms with van der Waals surface area (Å²) in [5.41, 5.74) is 0.492. The highest BCUT2D eigenvalue weighted by molar-refractivity contribution is 5.94. The van der Waals surface area contributed by atoms with Crippen LogP contribution in [0.4, 0.5) is 4.39 Å². The van der Waals surface area contributed by atoms with Crippen LogP contribution in [0.2, 0.25) is 0 Å². The number of benzene rings is 1. The molecule has 0 fully saturated rings. The highest BCUT2D eigenvalue weighted by Gasteiger charge is 2.05. The Labute approximate surface area is 102 Å². The van der Waals surface area contributed by atoms with Gasteiger partial charge in [-0.2, -0.15) is 0 Å². The number of halogens is 1. The smallest absolute Gasteiger partial charge is 0.251 e. The molecule has 94 valence electrons. The van der Waals surface area contributed by atoms with Gasteiger partial charge in [0, 0.05) is 18.7 Å². The number of amides is 1. The molecule has 0 bridgehead atoms. The molecule has 17 heavy (non-hydrogen) atoms. The maximum absolute atomic E-state index is 12.7. The molecule has 0 aliphatic carbocycles. The largest absolute Gasteiger partial charge is 0.351 e. The van der Waals surface area contributed by atoms with Crippen molar-refractivity contribution in [3.8, 4) is 0 Å². The highest BCUT2D eigenvalue weighted by atomic mass is 18.2. The second kappa shape index (κ2) is 7.01. The number of hydrogen-bond donors (Lipinski definition) is 1. The summed E-state index contributed by atoms with van der Waals surface area (Å²) >= 11 is 0. The Morgan fingerprint density at radius 1 is 1.24 bits per heavy atom. The minimum absolute atomic E-state index is 0.155. The zero-order chi connectivity index (χ0) is 12.7. The van der Waals surface area contributed by atoms with E-state index in [1.165, 1.54) is 24.3 Å². The van der Waals surface area contributed by atoms with Crippen molar-refractivity contribution in [2.75, 3.05) is 26.2 Å². The number of likely N-dealkylation sites (N-methyl/N-ethyl adjacent to an activating group) is 1. The molecule has 0 radical (unpaired) electrons. The Morgan fingerprint density at radius 2 is 1.82 bits per heavy atom. The summed E-state index contributed by atoms with van der Waals surface area (Å²) in [5, 5.41) is 2.81. The van der Waals surface area contributed by atoms with Gasteiger partial charge >= 0.3 is 0 Å². The number of carbonyl (C=O) groups is 1. The van der Waals surface area contributed by atoms with E-state index in [4.69, 9.17) is 0 Å². The van der Waals surface area contributed by atoms with Gasteiger partial charge in [0.05, 0.1) is 0 Å². The molecule has 1 aromatic rings. The molecular weight excluding hydrogens is 218 g/mol. The summed E-state index contributed by atoms with van der Waals surface area (Å²) in [4.78, 5) is 13.9. The van der Waals surface area contributed by atoms with Crippen molar-refractivity contribution in [2.45, 2.75) is 13.8 Å². The third kappa shape index (κ3) is 4.53. The average molecular weight is 237 g/mol. The predicted molar refractivity (Wildman–Crippen MR) is 66.5 cm³/mol. The highest BCUT2D eigenvalue weighted by Crippen LogP contribution is 2.02. The summed E-state index contributed by atoms with van der Waals surface area (Å²) in [7, 11) is 0. The van der Waals surface area contributed by atoms with E-state index in [-0.39, 0.29) is 11.7 Å². The Kier molecular flexibility index (Phi) is 5.63. The molecule has 0 aromatic heterocycles. The minimum atomic E-state index is -0.329. The number of carbonyl (C=O) groups excluding carboxylic acids is 1. The summed E-state index contributed by atoms with van der Waals surface area (Å²) in [6.07, 6.45) is 0. The van der Waals surface area contributed by atoms with Crippen LogP contribution in [0.3, 0.4) is 0 Å². The van der Waals surface area contributed by atoms with Crippen molar-refractivity contribution in [3.05, 3.63) is 35.6 Å².